The van der Waals surface area contributed by atoms with Gasteiger partial charge in [-0.2, -0.15) is 5.26 Å². The molecule has 0 unspecified atom stereocenters. The first-order valence-corrected chi connectivity index (χ1v) is 7.57. The summed E-state index contributed by atoms with van der Waals surface area (Å²) in [6, 6.07) is 7.03. The number of urea groups is 1. The van der Waals surface area contributed by atoms with Crippen molar-refractivity contribution in [3.8, 4) is 6.07 Å². The Balaban J connectivity index is 1.69. The van der Waals surface area contributed by atoms with E-state index < -0.39 is 5.82 Å². The second-order valence-corrected chi connectivity index (χ2v) is 5.86. The molecule has 2 aliphatic rings. The fourth-order valence-electron chi connectivity index (χ4n) is 3.31. The summed E-state index contributed by atoms with van der Waals surface area (Å²) in [6.45, 7) is 3.03. The average molecular weight is 302 g/mol. The van der Waals surface area contributed by atoms with Crippen LogP contribution in [0, 0.1) is 17.1 Å². The van der Waals surface area contributed by atoms with Gasteiger partial charge in [-0.25, -0.2) is 9.18 Å². The van der Waals surface area contributed by atoms with Gasteiger partial charge < -0.3 is 14.7 Å². The maximum Gasteiger partial charge on any atom is 0.320 e. The highest BCUT2D eigenvalue weighted by atomic mass is 19.1. The van der Waals surface area contributed by atoms with Gasteiger partial charge in [0.1, 0.15) is 17.4 Å². The van der Waals surface area contributed by atoms with E-state index in [0.717, 1.165) is 39.0 Å². The molecule has 2 aliphatic heterocycles. The highest BCUT2D eigenvalue weighted by Crippen LogP contribution is 2.28. The fraction of sp³-hybridized carbons (Fsp3) is 0.500. The number of nitriles is 1. The van der Waals surface area contributed by atoms with E-state index in [2.05, 4.69) is 0 Å². The van der Waals surface area contributed by atoms with Crippen LogP contribution in [0.15, 0.2) is 18.2 Å². The van der Waals surface area contributed by atoms with Gasteiger partial charge in [0.25, 0.3) is 0 Å². The monoisotopic (exact) mass is 302 g/mol. The number of carbonyl (C=O) groups is 1. The number of hydrogen-bond donors (Lipinski definition) is 0. The Kier molecular flexibility index (Phi) is 3.88. The summed E-state index contributed by atoms with van der Waals surface area (Å²) in [6.07, 6.45) is 1.70. The van der Waals surface area contributed by atoms with E-state index >= 15 is 0 Å². The zero-order chi connectivity index (χ0) is 15.7. The topological polar surface area (TPSA) is 50.6 Å². The quantitative estimate of drug-likeness (QED) is 0.840. The van der Waals surface area contributed by atoms with E-state index in [1.165, 1.54) is 6.07 Å². The van der Waals surface area contributed by atoms with E-state index in [9.17, 15) is 9.18 Å². The molecule has 6 heteroatoms. The van der Waals surface area contributed by atoms with E-state index in [1.807, 2.05) is 22.9 Å². The number of amides is 2. The lowest BCUT2D eigenvalue weighted by Crippen LogP contribution is -2.46. The second kappa shape index (κ2) is 5.84. The Labute approximate surface area is 129 Å². The smallest absolute Gasteiger partial charge is 0.320 e. The fourth-order valence-corrected chi connectivity index (χ4v) is 3.31. The molecule has 2 amide bonds. The lowest BCUT2D eigenvalue weighted by molar-refractivity contribution is 0.173. The molecule has 1 aromatic carbocycles. The van der Waals surface area contributed by atoms with Crippen molar-refractivity contribution < 1.29 is 9.18 Å². The van der Waals surface area contributed by atoms with Crippen LogP contribution in [0.25, 0.3) is 0 Å². The van der Waals surface area contributed by atoms with Crippen molar-refractivity contribution in [1.82, 2.24) is 9.80 Å². The van der Waals surface area contributed by atoms with Crippen molar-refractivity contribution >= 4 is 11.7 Å². The number of carbonyl (C=O) groups excluding carboxylic acids is 1. The largest absolute Gasteiger partial charge is 0.370 e. The van der Waals surface area contributed by atoms with E-state index in [4.69, 9.17) is 5.26 Å². The van der Waals surface area contributed by atoms with Gasteiger partial charge in [0.05, 0.1) is 5.69 Å². The van der Waals surface area contributed by atoms with Crippen LogP contribution < -0.4 is 4.90 Å². The number of benzene rings is 1. The Morgan fingerprint density at radius 3 is 2.55 bits per heavy atom. The van der Waals surface area contributed by atoms with Crippen molar-refractivity contribution in [2.24, 2.45) is 0 Å². The summed E-state index contributed by atoms with van der Waals surface area (Å²) >= 11 is 0. The third kappa shape index (κ3) is 2.47. The Morgan fingerprint density at radius 2 is 1.95 bits per heavy atom. The zero-order valence-electron chi connectivity index (χ0n) is 12.6. The molecule has 3 rings (SSSR count). The number of piperidine rings is 1. The maximum atomic E-state index is 13.7. The van der Waals surface area contributed by atoms with E-state index in [1.54, 1.807) is 17.0 Å². The summed E-state index contributed by atoms with van der Waals surface area (Å²) < 4.78 is 13.7. The van der Waals surface area contributed by atoms with Crippen molar-refractivity contribution in [3.63, 3.8) is 0 Å². The molecule has 2 saturated heterocycles. The zero-order valence-corrected chi connectivity index (χ0v) is 12.6. The van der Waals surface area contributed by atoms with Crippen LogP contribution >= 0.6 is 0 Å². The van der Waals surface area contributed by atoms with Gasteiger partial charge in [0, 0.05) is 39.3 Å². The SMILES string of the molecule is CN1CCN(C2CCN(c3cccc(F)c3C#N)CC2)C1=O. The highest BCUT2D eigenvalue weighted by molar-refractivity contribution is 5.76. The van der Waals surface area contributed by atoms with Crippen LogP contribution in [0.1, 0.15) is 18.4 Å². The molecule has 0 bridgehead atoms. The average Bonchev–Trinajstić information content (AvgIpc) is 2.87. The molecule has 0 aromatic heterocycles. The molecule has 0 N–H and O–H groups in total. The molecule has 0 aliphatic carbocycles. The summed E-state index contributed by atoms with van der Waals surface area (Å²) in [7, 11) is 1.82. The standard InChI is InChI=1S/C16H19FN4O/c1-19-9-10-21(16(19)22)12-5-7-20(8-6-12)15-4-2-3-14(17)13(15)11-18/h2-4,12H,5-10H2,1H3. The number of likely N-dealkylation sites (N-methyl/N-ethyl adjacent to an activating group) is 1. The lowest BCUT2D eigenvalue weighted by Gasteiger charge is -2.37. The molecule has 116 valence electrons. The van der Waals surface area contributed by atoms with Gasteiger partial charge in [-0.1, -0.05) is 6.07 Å². The molecular weight excluding hydrogens is 283 g/mol. The van der Waals surface area contributed by atoms with Crippen LogP contribution in [0.2, 0.25) is 0 Å². The van der Waals surface area contributed by atoms with Crippen molar-refractivity contribution in [2.75, 3.05) is 38.1 Å². The maximum absolute atomic E-state index is 13.7. The molecule has 0 radical (unpaired) electrons. The van der Waals surface area contributed by atoms with Gasteiger partial charge in [-0.3, -0.25) is 0 Å². The molecule has 2 heterocycles. The summed E-state index contributed by atoms with van der Waals surface area (Å²) in [5.41, 5.74) is 0.767. The molecule has 0 saturated carbocycles. The predicted octanol–water partition coefficient (Wildman–Crippen LogP) is 2.03. The second-order valence-electron chi connectivity index (χ2n) is 5.86. The minimum Gasteiger partial charge on any atom is -0.370 e. The predicted molar refractivity (Wildman–Crippen MR) is 81.1 cm³/mol. The number of anilines is 1. The first-order valence-electron chi connectivity index (χ1n) is 7.57. The number of nitrogens with zero attached hydrogens (tertiary/aromatic N) is 4. The summed E-state index contributed by atoms with van der Waals surface area (Å²) in [5, 5.41) is 9.14. The lowest BCUT2D eigenvalue weighted by atomic mass is 10.0. The Bertz CT molecular complexity index is 619. The first kappa shape index (κ1) is 14.6. The van der Waals surface area contributed by atoms with Gasteiger partial charge in [0.2, 0.25) is 0 Å². The molecule has 0 spiro atoms. The minimum absolute atomic E-state index is 0.0990. The normalized spacial score (nSPS) is 19.7. The van der Waals surface area contributed by atoms with Crippen LogP contribution in [0.4, 0.5) is 14.9 Å². The molecule has 2 fully saturated rings. The Morgan fingerprint density at radius 1 is 1.23 bits per heavy atom. The molecule has 1 aromatic rings. The van der Waals surface area contributed by atoms with Crippen molar-refractivity contribution in [1.29, 1.82) is 5.26 Å². The van der Waals surface area contributed by atoms with Crippen LogP contribution in [0.3, 0.4) is 0 Å². The Hall–Kier alpha value is -2.29. The molecule has 5 nitrogen and oxygen atoms in total. The highest BCUT2D eigenvalue weighted by Gasteiger charge is 2.34. The van der Waals surface area contributed by atoms with Crippen molar-refractivity contribution in [2.45, 2.75) is 18.9 Å². The van der Waals surface area contributed by atoms with Crippen molar-refractivity contribution in [3.05, 3.63) is 29.6 Å². The van der Waals surface area contributed by atoms with Gasteiger partial charge in [-0.05, 0) is 25.0 Å². The van der Waals surface area contributed by atoms with Gasteiger partial charge in [0.15, 0.2) is 0 Å². The summed E-state index contributed by atoms with van der Waals surface area (Å²) in [4.78, 5) is 17.8. The minimum atomic E-state index is -0.474. The third-order valence-electron chi connectivity index (χ3n) is 4.60. The van der Waals surface area contributed by atoms with Crippen LogP contribution in [0.5, 0.6) is 0 Å². The van der Waals surface area contributed by atoms with Crippen LogP contribution in [-0.2, 0) is 0 Å². The third-order valence-corrected chi connectivity index (χ3v) is 4.60. The van der Waals surface area contributed by atoms with Gasteiger partial charge in [-0.15, -0.1) is 0 Å². The van der Waals surface area contributed by atoms with E-state index in [-0.39, 0.29) is 17.6 Å². The van der Waals surface area contributed by atoms with Crippen LogP contribution in [-0.4, -0.2) is 55.1 Å². The molecule has 0 atom stereocenters. The van der Waals surface area contributed by atoms with Gasteiger partial charge >= 0.3 is 6.03 Å². The van der Waals surface area contributed by atoms with E-state index in [0.29, 0.717) is 5.69 Å². The molecular formula is C16H19FN4O. The summed E-state index contributed by atoms with van der Waals surface area (Å²) in [5.74, 6) is -0.474. The number of rotatable bonds is 2. The number of hydrogen-bond acceptors (Lipinski definition) is 3. The molecule has 22 heavy (non-hydrogen) atoms. The number of halogens is 1. The first-order chi connectivity index (χ1) is 10.6.